The molecule has 0 radical (unpaired) electrons. The van der Waals surface area contributed by atoms with Gasteiger partial charge in [-0.1, -0.05) is 19.3 Å². The second-order valence-corrected chi connectivity index (χ2v) is 5.68. The summed E-state index contributed by atoms with van der Waals surface area (Å²) < 4.78 is 39.4. The average molecular weight is 287 g/mol. The van der Waals surface area contributed by atoms with Crippen molar-refractivity contribution in [1.82, 2.24) is 5.32 Å². The van der Waals surface area contributed by atoms with Gasteiger partial charge in [-0.2, -0.15) is 0 Å². The van der Waals surface area contributed by atoms with Crippen LogP contribution in [0.2, 0.25) is 0 Å². The van der Waals surface area contributed by atoms with E-state index in [0.29, 0.717) is 12.6 Å². The zero-order chi connectivity index (χ0) is 14.6. The lowest BCUT2D eigenvalue weighted by Gasteiger charge is -2.35. The summed E-state index contributed by atoms with van der Waals surface area (Å²) in [4.78, 5) is 0. The molecule has 0 amide bonds. The molecular weight excluding hydrogens is 267 g/mol. The first-order chi connectivity index (χ1) is 9.56. The van der Waals surface area contributed by atoms with Crippen molar-refractivity contribution in [3.8, 4) is 0 Å². The van der Waals surface area contributed by atoms with Gasteiger partial charge in [-0.05, 0) is 18.9 Å². The Balaban J connectivity index is 1.93. The highest BCUT2D eigenvalue weighted by atomic mass is 19.2. The standard InChI is InChI=1S/C15H20F3NO/c16-12-7-14(18)13(17)6-11(12)8-19-9-15(10-20)4-2-1-3-5-15/h6-7,19-20H,1-5,8-10H2. The Morgan fingerprint density at radius 3 is 2.30 bits per heavy atom. The van der Waals surface area contributed by atoms with E-state index in [-0.39, 0.29) is 24.1 Å². The van der Waals surface area contributed by atoms with Crippen molar-refractivity contribution in [2.45, 2.75) is 38.6 Å². The van der Waals surface area contributed by atoms with E-state index in [4.69, 9.17) is 0 Å². The minimum atomic E-state index is -1.18. The molecule has 2 nitrogen and oxygen atoms in total. The van der Waals surface area contributed by atoms with Gasteiger partial charge in [-0.25, -0.2) is 13.2 Å². The molecule has 1 aliphatic rings. The maximum atomic E-state index is 13.5. The lowest BCUT2D eigenvalue weighted by Crippen LogP contribution is -2.39. The maximum Gasteiger partial charge on any atom is 0.161 e. The first kappa shape index (κ1) is 15.3. The topological polar surface area (TPSA) is 32.3 Å². The predicted molar refractivity (Wildman–Crippen MR) is 70.6 cm³/mol. The Bertz CT molecular complexity index is 459. The van der Waals surface area contributed by atoms with Gasteiger partial charge in [0.05, 0.1) is 0 Å². The summed E-state index contributed by atoms with van der Waals surface area (Å²) >= 11 is 0. The number of aliphatic hydroxyl groups is 1. The second-order valence-electron chi connectivity index (χ2n) is 5.68. The molecule has 0 heterocycles. The van der Waals surface area contributed by atoms with Crippen molar-refractivity contribution in [3.63, 3.8) is 0 Å². The largest absolute Gasteiger partial charge is 0.396 e. The number of benzene rings is 1. The van der Waals surface area contributed by atoms with Crippen LogP contribution in [-0.2, 0) is 6.54 Å². The van der Waals surface area contributed by atoms with E-state index >= 15 is 0 Å². The fourth-order valence-corrected chi connectivity index (χ4v) is 2.85. The number of nitrogens with one attached hydrogen (secondary N) is 1. The minimum Gasteiger partial charge on any atom is -0.396 e. The summed E-state index contributed by atoms with van der Waals surface area (Å²) in [6.07, 6.45) is 5.23. The van der Waals surface area contributed by atoms with Crippen molar-refractivity contribution in [3.05, 3.63) is 35.1 Å². The summed E-state index contributed by atoms with van der Waals surface area (Å²) in [6, 6.07) is 1.44. The predicted octanol–water partition coefficient (Wildman–Crippen LogP) is 3.14. The molecule has 0 atom stereocenters. The van der Waals surface area contributed by atoms with Crippen LogP contribution in [0.25, 0.3) is 0 Å². The summed E-state index contributed by atoms with van der Waals surface area (Å²) in [5, 5.41) is 12.6. The van der Waals surface area contributed by atoms with Gasteiger partial charge in [0.1, 0.15) is 5.82 Å². The van der Waals surface area contributed by atoms with Crippen molar-refractivity contribution < 1.29 is 18.3 Å². The SMILES string of the molecule is OCC1(CNCc2cc(F)c(F)cc2F)CCCCC1. The molecule has 1 aliphatic carbocycles. The van der Waals surface area contributed by atoms with Gasteiger partial charge < -0.3 is 10.4 Å². The molecule has 1 aromatic rings. The third kappa shape index (κ3) is 3.52. The van der Waals surface area contributed by atoms with Gasteiger partial charge in [0.15, 0.2) is 11.6 Å². The quantitative estimate of drug-likeness (QED) is 0.815. The second kappa shape index (κ2) is 6.59. The smallest absolute Gasteiger partial charge is 0.161 e. The van der Waals surface area contributed by atoms with Crippen LogP contribution in [0.1, 0.15) is 37.7 Å². The highest BCUT2D eigenvalue weighted by molar-refractivity contribution is 5.19. The average Bonchev–Trinajstić information content (AvgIpc) is 2.45. The fraction of sp³-hybridized carbons (Fsp3) is 0.600. The summed E-state index contributed by atoms with van der Waals surface area (Å²) in [5.74, 6) is -2.97. The van der Waals surface area contributed by atoms with Crippen LogP contribution in [0.5, 0.6) is 0 Å². The summed E-state index contributed by atoms with van der Waals surface area (Å²) in [6.45, 7) is 0.785. The Morgan fingerprint density at radius 1 is 1.00 bits per heavy atom. The Morgan fingerprint density at radius 2 is 1.65 bits per heavy atom. The van der Waals surface area contributed by atoms with E-state index in [2.05, 4.69) is 5.32 Å². The Hall–Kier alpha value is -1.07. The highest BCUT2D eigenvalue weighted by Gasteiger charge is 2.30. The van der Waals surface area contributed by atoms with E-state index in [1.807, 2.05) is 0 Å². The Labute approximate surface area is 117 Å². The number of rotatable bonds is 5. The van der Waals surface area contributed by atoms with Crippen molar-refractivity contribution >= 4 is 0 Å². The van der Waals surface area contributed by atoms with Crippen LogP contribution >= 0.6 is 0 Å². The van der Waals surface area contributed by atoms with E-state index in [1.165, 1.54) is 6.42 Å². The molecule has 20 heavy (non-hydrogen) atoms. The minimum absolute atomic E-state index is 0.0975. The van der Waals surface area contributed by atoms with Gasteiger partial charge in [-0.15, -0.1) is 0 Å². The summed E-state index contributed by atoms with van der Waals surface area (Å²) in [5.41, 5.74) is -0.0550. The summed E-state index contributed by atoms with van der Waals surface area (Å²) in [7, 11) is 0. The molecule has 2 N–H and O–H groups in total. The number of hydrogen-bond acceptors (Lipinski definition) is 2. The van der Waals surface area contributed by atoms with Crippen LogP contribution in [0.4, 0.5) is 13.2 Å². The number of hydrogen-bond donors (Lipinski definition) is 2. The number of halogens is 3. The zero-order valence-electron chi connectivity index (χ0n) is 11.4. The van der Waals surface area contributed by atoms with Crippen LogP contribution in [0.3, 0.4) is 0 Å². The van der Waals surface area contributed by atoms with Gasteiger partial charge in [0.2, 0.25) is 0 Å². The first-order valence-corrected chi connectivity index (χ1v) is 7.01. The fourth-order valence-electron chi connectivity index (χ4n) is 2.85. The van der Waals surface area contributed by atoms with Crippen molar-refractivity contribution in [2.24, 2.45) is 5.41 Å². The normalized spacial score (nSPS) is 18.2. The number of aliphatic hydroxyl groups excluding tert-OH is 1. The molecule has 2 rings (SSSR count). The lowest BCUT2D eigenvalue weighted by atomic mass is 9.74. The van der Waals surface area contributed by atoms with Crippen molar-refractivity contribution in [1.29, 1.82) is 0 Å². The molecule has 0 aromatic heterocycles. The van der Waals surface area contributed by atoms with Crippen LogP contribution in [0, 0.1) is 22.9 Å². The van der Waals surface area contributed by atoms with E-state index in [9.17, 15) is 18.3 Å². The van der Waals surface area contributed by atoms with Crippen molar-refractivity contribution in [2.75, 3.05) is 13.2 Å². The molecule has 0 spiro atoms. The third-order valence-corrected chi connectivity index (χ3v) is 4.15. The van der Waals surface area contributed by atoms with E-state index < -0.39 is 17.5 Å². The maximum absolute atomic E-state index is 13.5. The first-order valence-electron chi connectivity index (χ1n) is 7.01. The lowest BCUT2D eigenvalue weighted by molar-refractivity contribution is 0.0810. The van der Waals surface area contributed by atoms with E-state index in [0.717, 1.165) is 31.7 Å². The Kier molecular flexibility index (Phi) is 5.05. The van der Waals surface area contributed by atoms with Gasteiger partial charge >= 0.3 is 0 Å². The van der Waals surface area contributed by atoms with E-state index in [1.54, 1.807) is 0 Å². The monoisotopic (exact) mass is 287 g/mol. The molecule has 5 heteroatoms. The molecule has 1 fully saturated rings. The molecule has 112 valence electrons. The van der Waals surface area contributed by atoms with Crippen LogP contribution in [0.15, 0.2) is 12.1 Å². The molecule has 1 aromatic carbocycles. The molecular formula is C15H20F3NO. The van der Waals surface area contributed by atoms with Gasteiger partial charge in [0, 0.05) is 36.7 Å². The van der Waals surface area contributed by atoms with Gasteiger partial charge in [0.25, 0.3) is 0 Å². The molecule has 1 saturated carbocycles. The van der Waals surface area contributed by atoms with Crippen LogP contribution < -0.4 is 5.32 Å². The van der Waals surface area contributed by atoms with Gasteiger partial charge in [-0.3, -0.25) is 0 Å². The zero-order valence-corrected chi connectivity index (χ0v) is 11.4. The molecule has 0 unspecified atom stereocenters. The highest BCUT2D eigenvalue weighted by Crippen LogP contribution is 2.35. The van der Waals surface area contributed by atoms with Crippen LogP contribution in [-0.4, -0.2) is 18.3 Å². The molecule has 0 saturated heterocycles. The molecule has 0 bridgehead atoms. The third-order valence-electron chi connectivity index (χ3n) is 4.15. The molecule has 0 aliphatic heterocycles.